The van der Waals surface area contributed by atoms with Crippen molar-refractivity contribution in [2.45, 2.75) is 6.42 Å². The third-order valence-electron chi connectivity index (χ3n) is 4.40. The fourth-order valence-corrected chi connectivity index (χ4v) is 2.85. The van der Waals surface area contributed by atoms with Crippen molar-refractivity contribution in [1.82, 2.24) is 15.6 Å². The molecule has 2 amide bonds. The molecule has 164 valence electrons. The molecule has 0 aliphatic rings. The Labute approximate surface area is 190 Å². The van der Waals surface area contributed by atoms with Crippen LogP contribution >= 0.6 is 11.6 Å². The molecule has 2 N–H and O–H groups in total. The van der Waals surface area contributed by atoms with Crippen molar-refractivity contribution in [3.8, 4) is 16.9 Å². The number of halogens is 2. The van der Waals surface area contributed by atoms with Crippen molar-refractivity contribution >= 4 is 23.4 Å². The SMILES string of the molecule is C=C(CCNC(=O)COc1ccc(Cl)c(F)c1)NC(=O)c1ccc(-c2ccccc2)cn1. The second-order valence-corrected chi connectivity index (χ2v) is 7.23. The summed E-state index contributed by atoms with van der Waals surface area (Å²) in [6, 6.07) is 17.1. The Morgan fingerprint density at radius 1 is 1.06 bits per heavy atom. The summed E-state index contributed by atoms with van der Waals surface area (Å²) in [5.74, 6) is -1.20. The number of rotatable bonds is 9. The molecule has 2 aromatic carbocycles. The van der Waals surface area contributed by atoms with Crippen LogP contribution < -0.4 is 15.4 Å². The molecule has 0 fully saturated rings. The van der Waals surface area contributed by atoms with E-state index in [4.69, 9.17) is 16.3 Å². The lowest BCUT2D eigenvalue weighted by Gasteiger charge is -2.10. The summed E-state index contributed by atoms with van der Waals surface area (Å²) < 4.78 is 18.6. The summed E-state index contributed by atoms with van der Waals surface area (Å²) in [5, 5.41) is 5.28. The first-order chi connectivity index (χ1) is 15.4. The molecule has 32 heavy (non-hydrogen) atoms. The van der Waals surface area contributed by atoms with Crippen molar-refractivity contribution in [2.75, 3.05) is 13.2 Å². The van der Waals surface area contributed by atoms with Gasteiger partial charge in [0.15, 0.2) is 6.61 Å². The second kappa shape index (κ2) is 11.1. The smallest absolute Gasteiger partial charge is 0.273 e. The van der Waals surface area contributed by atoms with Gasteiger partial charge < -0.3 is 15.4 Å². The molecule has 0 spiro atoms. The van der Waals surface area contributed by atoms with E-state index < -0.39 is 11.7 Å². The summed E-state index contributed by atoms with van der Waals surface area (Å²) in [7, 11) is 0. The van der Waals surface area contributed by atoms with E-state index >= 15 is 0 Å². The average molecular weight is 454 g/mol. The van der Waals surface area contributed by atoms with Gasteiger partial charge in [0.2, 0.25) is 0 Å². The summed E-state index contributed by atoms with van der Waals surface area (Å²) >= 11 is 5.60. The number of nitrogens with one attached hydrogen (secondary N) is 2. The molecule has 0 radical (unpaired) electrons. The van der Waals surface area contributed by atoms with Crippen molar-refractivity contribution < 1.29 is 18.7 Å². The molecule has 0 saturated heterocycles. The number of aromatic nitrogens is 1. The van der Waals surface area contributed by atoms with Crippen LogP contribution in [-0.2, 0) is 4.79 Å². The van der Waals surface area contributed by atoms with E-state index in [2.05, 4.69) is 22.2 Å². The Hall–Kier alpha value is -3.71. The van der Waals surface area contributed by atoms with Crippen molar-refractivity contribution in [1.29, 1.82) is 0 Å². The Morgan fingerprint density at radius 3 is 2.53 bits per heavy atom. The minimum Gasteiger partial charge on any atom is -0.484 e. The van der Waals surface area contributed by atoms with Gasteiger partial charge in [-0.05, 0) is 23.8 Å². The zero-order chi connectivity index (χ0) is 22.9. The third-order valence-corrected chi connectivity index (χ3v) is 4.71. The van der Waals surface area contributed by atoms with Gasteiger partial charge in [0, 0.05) is 36.5 Å². The number of ether oxygens (including phenoxy) is 1. The van der Waals surface area contributed by atoms with E-state index in [1.54, 1.807) is 12.3 Å². The van der Waals surface area contributed by atoms with Gasteiger partial charge in [-0.15, -0.1) is 0 Å². The zero-order valence-corrected chi connectivity index (χ0v) is 17.9. The maximum absolute atomic E-state index is 13.4. The number of amides is 2. The number of hydrogen-bond acceptors (Lipinski definition) is 4. The molecule has 0 atom stereocenters. The maximum atomic E-state index is 13.4. The highest BCUT2D eigenvalue weighted by Gasteiger charge is 2.10. The largest absolute Gasteiger partial charge is 0.484 e. The van der Waals surface area contributed by atoms with Gasteiger partial charge >= 0.3 is 0 Å². The van der Waals surface area contributed by atoms with Crippen LogP contribution in [0.15, 0.2) is 79.1 Å². The van der Waals surface area contributed by atoms with Gasteiger partial charge in [-0.3, -0.25) is 14.6 Å². The van der Waals surface area contributed by atoms with Crippen LogP contribution in [0.1, 0.15) is 16.9 Å². The highest BCUT2D eigenvalue weighted by molar-refractivity contribution is 6.30. The number of nitrogens with zero attached hydrogens (tertiary/aromatic N) is 1. The standard InChI is InChI=1S/C24H21ClFN3O3/c1-16(11-12-27-23(30)15-32-19-8-9-20(25)21(26)13-19)29-24(31)22-10-7-18(14-28-22)17-5-3-2-4-6-17/h2-10,13-14H,1,11-12,15H2,(H,27,30)(H,29,31). The maximum Gasteiger partial charge on any atom is 0.273 e. The van der Waals surface area contributed by atoms with E-state index in [0.29, 0.717) is 12.1 Å². The molecular formula is C24H21ClFN3O3. The highest BCUT2D eigenvalue weighted by Crippen LogP contribution is 2.20. The van der Waals surface area contributed by atoms with Crippen LogP contribution in [0, 0.1) is 5.82 Å². The minimum absolute atomic E-state index is 0.0234. The molecule has 0 bridgehead atoms. The Balaban J connectivity index is 1.39. The lowest BCUT2D eigenvalue weighted by molar-refractivity contribution is -0.123. The lowest BCUT2D eigenvalue weighted by atomic mass is 10.1. The summed E-state index contributed by atoms with van der Waals surface area (Å²) in [4.78, 5) is 28.4. The lowest BCUT2D eigenvalue weighted by Crippen LogP contribution is -2.31. The minimum atomic E-state index is -0.624. The van der Waals surface area contributed by atoms with Crippen LogP contribution in [-0.4, -0.2) is 29.9 Å². The van der Waals surface area contributed by atoms with Gasteiger partial charge in [-0.25, -0.2) is 4.39 Å². The predicted molar refractivity (Wildman–Crippen MR) is 121 cm³/mol. The number of carbonyl (C=O) groups is 2. The number of carbonyl (C=O) groups excluding carboxylic acids is 2. The van der Waals surface area contributed by atoms with E-state index in [1.807, 2.05) is 36.4 Å². The zero-order valence-electron chi connectivity index (χ0n) is 17.1. The average Bonchev–Trinajstić information content (AvgIpc) is 2.80. The molecular weight excluding hydrogens is 433 g/mol. The Bertz CT molecular complexity index is 1110. The quantitative estimate of drug-likeness (QED) is 0.504. The summed E-state index contributed by atoms with van der Waals surface area (Å²) in [5.41, 5.74) is 2.62. The van der Waals surface area contributed by atoms with Crippen LogP contribution in [0.4, 0.5) is 4.39 Å². The fraction of sp³-hybridized carbons (Fsp3) is 0.125. The predicted octanol–water partition coefficient (Wildman–Crippen LogP) is 4.37. The molecule has 0 aliphatic heterocycles. The van der Waals surface area contributed by atoms with Gasteiger partial charge in [0.25, 0.3) is 11.8 Å². The van der Waals surface area contributed by atoms with Gasteiger partial charge in [-0.1, -0.05) is 54.6 Å². The first-order valence-electron chi connectivity index (χ1n) is 9.77. The van der Waals surface area contributed by atoms with Gasteiger partial charge in [0.05, 0.1) is 5.02 Å². The van der Waals surface area contributed by atoms with E-state index in [9.17, 15) is 14.0 Å². The van der Waals surface area contributed by atoms with E-state index in [0.717, 1.165) is 17.2 Å². The van der Waals surface area contributed by atoms with Crippen LogP contribution in [0.3, 0.4) is 0 Å². The second-order valence-electron chi connectivity index (χ2n) is 6.82. The molecule has 3 rings (SSSR count). The van der Waals surface area contributed by atoms with Crippen molar-refractivity contribution in [3.63, 3.8) is 0 Å². The highest BCUT2D eigenvalue weighted by atomic mass is 35.5. The molecule has 8 heteroatoms. The fourth-order valence-electron chi connectivity index (χ4n) is 2.74. The monoisotopic (exact) mass is 453 g/mol. The van der Waals surface area contributed by atoms with E-state index in [-0.39, 0.29) is 35.5 Å². The molecule has 0 unspecified atom stereocenters. The molecule has 6 nitrogen and oxygen atoms in total. The first kappa shape index (κ1) is 23.0. The molecule has 0 aliphatic carbocycles. The summed E-state index contributed by atoms with van der Waals surface area (Å²) in [6.45, 7) is 3.76. The van der Waals surface area contributed by atoms with E-state index in [1.165, 1.54) is 12.1 Å². The molecule has 3 aromatic rings. The topological polar surface area (TPSA) is 80.3 Å². The van der Waals surface area contributed by atoms with Crippen LogP contribution in [0.5, 0.6) is 5.75 Å². The third kappa shape index (κ3) is 6.65. The van der Waals surface area contributed by atoms with Gasteiger partial charge in [-0.2, -0.15) is 0 Å². The normalized spacial score (nSPS) is 10.3. The Kier molecular flexibility index (Phi) is 7.94. The first-order valence-corrected chi connectivity index (χ1v) is 10.2. The summed E-state index contributed by atoms with van der Waals surface area (Å²) in [6.07, 6.45) is 1.97. The van der Waals surface area contributed by atoms with Crippen molar-refractivity contribution in [3.05, 3.63) is 95.7 Å². The molecule has 1 heterocycles. The number of pyridine rings is 1. The number of benzene rings is 2. The number of hydrogen-bond donors (Lipinski definition) is 2. The van der Waals surface area contributed by atoms with Crippen LogP contribution in [0.25, 0.3) is 11.1 Å². The Morgan fingerprint density at radius 2 is 1.84 bits per heavy atom. The van der Waals surface area contributed by atoms with Crippen LogP contribution in [0.2, 0.25) is 5.02 Å². The van der Waals surface area contributed by atoms with Crippen molar-refractivity contribution in [2.24, 2.45) is 0 Å². The van der Waals surface area contributed by atoms with Gasteiger partial charge in [0.1, 0.15) is 17.3 Å². The molecule has 0 saturated carbocycles. The molecule has 1 aromatic heterocycles.